The number of amides is 2. The molecule has 3 aromatic rings. The molecule has 4 rings (SSSR count). The van der Waals surface area contributed by atoms with Gasteiger partial charge in [0.05, 0.1) is 5.69 Å². The maximum Gasteiger partial charge on any atom is 0.265 e. The molecular formula is C21H21N3O3. The molecule has 6 heteroatoms. The van der Waals surface area contributed by atoms with Crippen molar-refractivity contribution < 1.29 is 14.3 Å². The van der Waals surface area contributed by atoms with Crippen molar-refractivity contribution in [2.24, 2.45) is 7.05 Å². The van der Waals surface area contributed by atoms with Crippen molar-refractivity contribution in [2.75, 3.05) is 10.6 Å². The standard InChI is InChI=1S/C21H21N3O3/c1-13-21(26)23-17-11-15(8-9-19(17)27-13)22-20(25)10-7-14-12-24(2)18-6-4-3-5-16(14)18/h3-6,8-9,11-13H,7,10H2,1-2H3,(H,22,25)(H,23,26). The summed E-state index contributed by atoms with van der Waals surface area (Å²) in [5.41, 5.74) is 3.52. The van der Waals surface area contributed by atoms with E-state index in [0.29, 0.717) is 30.0 Å². The minimum absolute atomic E-state index is 0.0701. The monoisotopic (exact) mass is 363 g/mol. The Morgan fingerprint density at radius 2 is 2.07 bits per heavy atom. The molecule has 0 saturated heterocycles. The van der Waals surface area contributed by atoms with Gasteiger partial charge in [0.25, 0.3) is 5.91 Å². The van der Waals surface area contributed by atoms with Gasteiger partial charge in [-0.1, -0.05) is 18.2 Å². The molecule has 0 saturated carbocycles. The summed E-state index contributed by atoms with van der Waals surface area (Å²) in [5.74, 6) is 0.345. The first kappa shape index (κ1) is 17.1. The maximum absolute atomic E-state index is 12.4. The second-order valence-electron chi connectivity index (χ2n) is 6.79. The maximum atomic E-state index is 12.4. The first-order chi connectivity index (χ1) is 13.0. The van der Waals surface area contributed by atoms with Crippen molar-refractivity contribution in [3.05, 3.63) is 54.2 Å². The summed E-state index contributed by atoms with van der Waals surface area (Å²) in [6.45, 7) is 1.70. The van der Waals surface area contributed by atoms with E-state index >= 15 is 0 Å². The Hall–Kier alpha value is -3.28. The number of aryl methyl sites for hydroxylation is 2. The number of rotatable bonds is 4. The second kappa shape index (κ2) is 6.79. The van der Waals surface area contributed by atoms with Gasteiger partial charge in [-0.2, -0.15) is 0 Å². The highest BCUT2D eigenvalue weighted by Crippen LogP contribution is 2.32. The van der Waals surface area contributed by atoms with Gasteiger partial charge in [0.15, 0.2) is 6.10 Å². The van der Waals surface area contributed by atoms with Crippen LogP contribution in [0.25, 0.3) is 10.9 Å². The lowest BCUT2D eigenvalue weighted by atomic mass is 10.1. The Kier molecular flexibility index (Phi) is 4.32. The minimum atomic E-state index is -0.515. The molecule has 1 aliphatic rings. The largest absolute Gasteiger partial charge is 0.479 e. The van der Waals surface area contributed by atoms with Crippen LogP contribution in [0.2, 0.25) is 0 Å². The third-order valence-corrected chi connectivity index (χ3v) is 4.80. The molecule has 0 spiro atoms. The van der Waals surface area contributed by atoms with Crippen LogP contribution < -0.4 is 15.4 Å². The van der Waals surface area contributed by atoms with Gasteiger partial charge in [-0.25, -0.2) is 0 Å². The van der Waals surface area contributed by atoms with Crippen molar-refractivity contribution >= 4 is 34.1 Å². The zero-order valence-corrected chi connectivity index (χ0v) is 15.3. The number of carbonyl (C=O) groups is 2. The average molecular weight is 363 g/mol. The van der Waals surface area contributed by atoms with Gasteiger partial charge in [-0.3, -0.25) is 9.59 Å². The molecule has 0 aliphatic carbocycles. The van der Waals surface area contributed by atoms with E-state index in [9.17, 15) is 9.59 Å². The fourth-order valence-corrected chi connectivity index (χ4v) is 3.38. The molecule has 2 amide bonds. The number of nitrogens with zero attached hydrogens (tertiary/aromatic N) is 1. The van der Waals surface area contributed by atoms with E-state index in [4.69, 9.17) is 4.74 Å². The normalized spacial score (nSPS) is 15.8. The van der Waals surface area contributed by atoms with E-state index in [1.165, 1.54) is 5.39 Å². The summed E-state index contributed by atoms with van der Waals surface area (Å²) >= 11 is 0. The predicted molar refractivity (Wildman–Crippen MR) is 105 cm³/mol. The molecule has 0 fully saturated rings. The van der Waals surface area contributed by atoms with E-state index in [0.717, 1.165) is 11.1 Å². The number of para-hydroxylation sites is 1. The topological polar surface area (TPSA) is 72.4 Å². The third kappa shape index (κ3) is 3.38. The molecule has 138 valence electrons. The molecule has 1 atom stereocenters. The van der Waals surface area contributed by atoms with Crippen molar-refractivity contribution in [2.45, 2.75) is 25.9 Å². The molecule has 0 bridgehead atoms. The zero-order chi connectivity index (χ0) is 19.0. The Morgan fingerprint density at radius 3 is 2.93 bits per heavy atom. The fourth-order valence-electron chi connectivity index (χ4n) is 3.38. The first-order valence-electron chi connectivity index (χ1n) is 8.95. The number of carbonyl (C=O) groups excluding carboxylic acids is 2. The van der Waals surface area contributed by atoms with Crippen molar-refractivity contribution in [3.8, 4) is 5.75 Å². The van der Waals surface area contributed by atoms with Crippen LogP contribution in [0.15, 0.2) is 48.7 Å². The lowest BCUT2D eigenvalue weighted by Crippen LogP contribution is -2.34. The minimum Gasteiger partial charge on any atom is -0.479 e. The smallest absolute Gasteiger partial charge is 0.265 e. The molecule has 2 heterocycles. The Balaban J connectivity index is 1.42. The van der Waals surface area contributed by atoms with Crippen LogP contribution >= 0.6 is 0 Å². The highest BCUT2D eigenvalue weighted by atomic mass is 16.5. The molecule has 27 heavy (non-hydrogen) atoms. The van der Waals surface area contributed by atoms with Gasteiger partial charge in [0.2, 0.25) is 5.91 Å². The van der Waals surface area contributed by atoms with E-state index in [1.807, 2.05) is 19.2 Å². The third-order valence-electron chi connectivity index (χ3n) is 4.80. The molecule has 1 aliphatic heterocycles. The van der Waals surface area contributed by atoms with Gasteiger partial charge in [-0.05, 0) is 43.2 Å². The molecule has 1 unspecified atom stereocenters. The van der Waals surface area contributed by atoms with E-state index in [2.05, 4.69) is 33.5 Å². The highest BCUT2D eigenvalue weighted by Gasteiger charge is 2.23. The van der Waals surface area contributed by atoms with Crippen molar-refractivity contribution in [1.29, 1.82) is 0 Å². The zero-order valence-electron chi connectivity index (χ0n) is 15.3. The molecule has 2 aromatic carbocycles. The van der Waals surface area contributed by atoms with Gasteiger partial charge in [0.1, 0.15) is 5.75 Å². The second-order valence-corrected chi connectivity index (χ2v) is 6.79. The van der Waals surface area contributed by atoms with Crippen molar-refractivity contribution in [3.63, 3.8) is 0 Å². The summed E-state index contributed by atoms with van der Waals surface area (Å²) in [5, 5.41) is 6.85. The Morgan fingerprint density at radius 1 is 1.26 bits per heavy atom. The summed E-state index contributed by atoms with van der Waals surface area (Å²) < 4.78 is 7.60. The summed E-state index contributed by atoms with van der Waals surface area (Å²) in [7, 11) is 2.01. The van der Waals surface area contributed by atoms with E-state index < -0.39 is 6.10 Å². The lowest BCUT2D eigenvalue weighted by Gasteiger charge is -2.23. The first-order valence-corrected chi connectivity index (χ1v) is 8.95. The number of fused-ring (bicyclic) bond motifs is 2. The quantitative estimate of drug-likeness (QED) is 0.745. The van der Waals surface area contributed by atoms with Crippen LogP contribution in [0.5, 0.6) is 5.75 Å². The van der Waals surface area contributed by atoms with E-state index in [-0.39, 0.29) is 11.8 Å². The van der Waals surface area contributed by atoms with E-state index in [1.54, 1.807) is 25.1 Å². The number of hydrogen-bond donors (Lipinski definition) is 2. The van der Waals surface area contributed by atoms with Gasteiger partial charge in [0, 0.05) is 36.3 Å². The van der Waals surface area contributed by atoms with Crippen LogP contribution in [0, 0.1) is 0 Å². The summed E-state index contributed by atoms with van der Waals surface area (Å²) in [6, 6.07) is 13.4. The lowest BCUT2D eigenvalue weighted by molar-refractivity contribution is -0.122. The van der Waals surface area contributed by atoms with Crippen LogP contribution in [0.4, 0.5) is 11.4 Å². The highest BCUT2D eigenvalue weighted by molar-refractivity contribution is 5.99. The van der Waals surface area contributed by atoms with Gasteiger partial charge in [-0.15, -0.1) is 0 Å². The molecule has 2 N–H and O–H groups in total. The summed E-state index contributed by atoms with van der Waals surface area (Å²) in [4.78, 5) is 24.1. The number of benzene rings is 2. The Labute approximate surface area is 157 Å². The average Bonchev–Trinajstić information content (AvgIpc) is 2.98. The molecule has 1 aromatic heterocycles. The predicted octanol–water partition coefficient (Wildman–Crippen LogP) is 3.47. The SMILES string of the molecule is CC1Oc2ccc(NC(=O)CCc3cn(C)c4ccccc34)cc2NC1=O. The molecular weight excluding hydrogens is 342 g/mol. The van der Waals surface area contributed by atoms with Crippen LogP contribution in [0.3, 0.4) is 0 Å². The van der Waals surface area contributed by atoms with Crippen molar-refractivity contribution in [1.82, 2.24) is 4.57 Å². The number of aromatic nitrogens is 1. The number of ether oxygens (including phenoxy) is 1. The summed E-state index contributed by atoms with van der Waals surface area (Å²) in [6.07, 6.45) is 2.60. The molecule has 6 nitrogen and oxygen atoms in total. The number of hydrogen-bond acceptors (Lipinski definition) is 3. The number of anilines is 2. The van der Waals surface area contributed by atoms with Gasteiger partial charge >= 0.3 is 0 Å². The molecule has 0 radical (unpaired) electrons. The van der Waals surface area contributed by atoms with Crippen LogP contribution in [-0.4, -0.2) is 22.5 Å². The van der Waals surface area contributed by atoms with Gasteiger partial charge < -0.3 is 19.9 Å². The fraction of sp³-hybridized carbons (Fsp3) is 0.238. The number of nitrogens with one attached hydrogen (secondary N) is 2. The Bertz CT molecular complexity index is 1040. The van der Waals surface area contributed by atoms with Crippen LogP contribution in [0.1, 0.15) is 18.9 Å². The van der Waals surface area contributed by atoms with Crippen LogP contribution in [-0.2, 0) is 23.1 Å².